The zero-order chi connectivity index (χ0) is 20.5. The van der Waals surface area contributed by atoms with Gasteiger partial charge in [-0.05, 0) is 48.1 Å². The summed E-state index contributed by atoms with van der Waals surface area (Å²) in [4.78, 5) is 15.1. The van der Waals surface area contributed by atoms with Crippen LogP contribution in [0.1, 0.15) is 11.1 Å². The predicted octanol–water partition coefficient (Wildman–Crippen LogP) is 3.82. The van der Waals surface area contributed by atoms with E-state index in [1.807, 2.05) is 42.7 Å². The molecule has 0 heterocycles. The number of nitrogens with zero attached hydrogens (tertiary/aromatic N) is 1. The fourth-order valence-electron chi connectivity index (χ4n) is 2.81. The second-order valence-electron chi connectivity index (χ2n) is 6.22. The standard InChI is InChI=1S/C21H28N2O4S/c1-23(14-16-7-9-20(28-5)19(13-16)27-4)21(24)22-11-10-15-6-8-17(25-2)18(12-15)26-3/h6-9,12-13H,10-11,14H2,1-5H3,(H,22,24). The van der Waals surface area contributed by atoms with Crippen molar-refractivity contribution >= 4 is 17.8 Å². The SMILES string of the molecule is COc1ccc(CCNC(=O)N(C)Cc2ccc(SC)c(OC)c2)cc1OC. The minimum absolute atomic E-state index is 0.117. The molecule has 0 unspecified atom stereocenters. The maximum Gasteiger partial charge on any atom is 0.317 e. The number of methoxy groups -OCH3 is 3. The molecule has 0 spiro atoms. The molecule has 0 bridgehead atoms. The average molecular weight is 405 g/mol. The molecule has 152 valence electrons. The monoisotopic (exact) mass is 404 g/mol. The van der Waals surface area contributed by atoms with Gasteiger partial charge < -0.3 is 24.4 Å². The lowest BCUT2D eigenvalue weighted by Crippen LogP contribution is -2.37. The first kappa shape index (κ1) is 21.8. The van der Waals surface area contributed by atoms with Gasteiger partial charge in [0, 0.05) is 25.0 Å². The first-order valence-corrected chi connectivity index (χ1v) is 10.2. The molecule has 0 atom stereocenters. The number of carbonyl (C=O) groups excluding carboxylic acids is 1. The Kier molecular flexibility index (Phi) is 8.32. The van der Waals surface area contributed by atoms with Gasteiger partial charge in [0.25, 0.3) is 0 Å². The lowest BCUT2D eigenvalue weighted by Gasteiger charge is -2.19. The van der Waals surface area contributed by atoms with E-state index < -0.39 is 0 Å². The van der Waals surface area contributed by atoms with Crippen LogP contribution in [0.4, 0.5) is 4.79 Å². The molecule has 6 nitrogen and oxygen atoms in total. The topological polar surface area (TPSA) is 60.0 Å². The number of carbonyl (C=O) groups is 1. The summed E-state index contributed by atoms with van der Waals surface area (Å²) in [6.45, 7) is 1.04. The Bertz CT molecular complexity index is 798. The van der Waals surface area contributed by atoms with Gasteiger partial charge in [-0.15, -0.1) is 11.8 Å². The van der Waals surface area contributed by atoms with Crippen LogP contribution in [0.3, 0.4) is 0 Å². The molecule has 0 aliphatic heterocycles. The molecule has 0 fully saturated rings. The van der Waals surface area contributed by atoms with Crippen LogP contribution in [0.2, 0.25) is 0 Å². The fourth-order valence-corrected chi connectivity index (χ4v) is 3.36. The number of ether oxygens (including phenoxy) is 3. The van der Waals surface area contributed by atoms with Gasteiger partial charge in [-0.3, -0.25) is 0 Å². The van der Waals surface area contributed by atoms with Crippen molar-refractivity contribution in [3.8, 4) is 17.2 Å². The summed E-state index contributed by atoms with van der Waals surface area (Å²) in [5, 5.41) is 2.95. The van der Waals surface area contributed by atoms with E-state index in [1.54, 1.807) is 45.0 Å². The first-order valence-electron chi connectivity index (χ1n) is 8.93. The maximum absolute atomic E-state index is 12.4. The van der Waals surface area contributed by atoms with E-state index >= 15 is 0 Å². The largest absolute Gasteiger partial charge is 0.496 e. The van der Waals surface area contributed by atoms with E-state index in [0.29, 0.717) is 31.0 Å². The highest BCUT2D eigenvalue weighted by molar-refractivity contribution is 7.98. The number of rotatable bonds is 9. The third-order valence-electron chi connectivity index (χ3n) is 4.35. The average Bonchev–Trinajstić information content (AvgIpc) is 2.73. The predicted molar refractivity (Wildman–Crippen MR) is 113 cm³/mol. The summed E-state index contributed by atoms with van der Waals surface area (Å²) < 4.78 is 16.0. The Morgan fingerprint density at radius 1 is 0.964 bits per heavy atom. The Balaban J connectivity index is 1.87. The Morgan fingerprint density at radius 3 is 2.25 bits per heavy atom. The zero-order valence-electron chi connectivity index (χ0n) is 17.1. The van der Waals surface area contributed by atoms with Crippen LogP contribution < -0.4 is 19.5 Å². The smallest absolute Gasteiger partial charge is 0.317 e. The minimum atomic E-state index is -0.117. The van der Waals surface area contributed by atoms with Gasteiger partial charge in [0.1, 0.15) is 5.75 Å². The molecule has 0 aliphatic carbocycles. The van der Waals surface area contributed by atoms with Gasteiger partial charge in [-0.25, -0.2) is 4.79 Å². The molecule has 2 aromatic rings. The lowest BCUT2D eigenvalue weighted by atomic mass is 10.1. The molecule has 7 heteroatoms. The molecular weight excluding hydrogens is 376 g/mol. The summed E-state index contributed by atoms with van der Waals surface area (Å²) in [6.07, 6.45) is 2.71. The molecule has 2 rings (SSSR count). The number of hydrogen-bond acceptors (Lipinski definition) is 5. The molecule has 0 aromatic heterocycles. The number of nitrogens with one attached hydrogen (secondary N) is 1. The Morgan fingerprint density at radius 2 is 1.61 bits per heavy atom. The van der Waals surface area contributed by atoms with Crippen molar-refractivity contribution in [1.82, 2.24) is 10.2 Å². The van der Waals surface area contributed by atoms with E-state index in [0.717, 1.165) is 21.8 Å². The van der Waals surface area contributed by atoms with Crippen LogP contribution in [-0.4, -0.2) is 52.1 Å². The van der Waals surface area contributed by atoms with Crippen LogP contribution in [0.25, 0.3) is 0 Å². The Hall–Kier alpha value is -2.54. The van der Waals surface area contributed by atoms with E-state index in [4.69, 9.17) is 14.2 Å². The molecule has 0 saturated heterocycles. The Labute approximate surface area is 171 Å². The van der Waals surface area contributed by atoms with Crippen LogP contribution in [0.15, 0.2) is 41.3 Å². The first-order chi connectivity index (χ1) is 13.5. The summed E-state index contributed by atoms with van der Waals surface area (Å²) in [6, 6.07) is 11.6. The summed E-state index contributed by atoms with van der Waals surface area (Å²) in [5.74, 6) is 2.20. The highest BCUT2D eigenvalue weighted by Crippen LogP contribution is 2.29. The van der Waals surface area contributed by atoms with Crippen molar-refractivity contribution in [2.45, 2.75) is 17.9 Å². The van der Waals surface area contributed by atoms with Crippen molar-refractivity contribution in [1.29, 1.82) is 0 Å². The van der Waals surface area contributed by atoms with Crippen LogP contribution in [0.5, 0.6) is 17.2 Å². The van der Waals surface area contributed by atoms with Crippen molar-refractivity contribution in [3.63, 3.8) is 0 Å². The summed E-state index contributed by atoms with van der Waals surface area (Å²) >= 11 is 1.63. The second kappa shape index (κ2) is 10.7. The maximum atomic E-state index is 12.4. The number of benzene rings is 2. The van der Waals surface area contributed by atoms with Crippen LogP contribution in [0, 0.1) is 0 Å². The molecule has 28 heavy (non-hydrogen) atoms. The molecular formula is C21H28N2O4S. The lowest BCUT2D eigenvalue weighted by molar-refractivity contribution is 0.207. The third kappa shape index (κ3) is 5.73. The van der Waals surface area contributed by atoms with Gasteiger partial charge in [0.2, 0.25) is 0 Å². The number of hydrogen-bond donors (Lipinski definition) is 1. The molecule has 0 aliphatic rings. The van der Waals surface area contributed by atoms with Gasteiger partial charge >= 0.3 is 6.03 Å². The van der Waals surface area contributed by atoms with Gasteiger partial charge in [0.05, 0.1) is 21.3 Å². The highest BCUT2D eigenvalue weighted by atomic mass is 32.2. The fraction of sp³-hybridized carbons (Fsp3) is 0.381. The number of thioether (sulfide) groups is 1. The van der Waals surface area contributed by atoms with Crippen molar-refractivity contribution < 1.29 is 19.0 Å². The second-order valence-corrected chi connectivity index (χ2v) is 7.06. The summed E-state index contributed by atoms with van der Waals surface area (Å²) in [7, 11) is 6.65. The zero-order valence-corrected chi connectivity index (χ0v) is 17.9. The van der Waals surface area contributed by atoms with Crippen molar-refractivity contribution in [3.05, 3.63) is 47.5 Å². The molecule has 0 radical (unpaired) electrons. The van der Waals surface area contributed by atoms with Crippen LogP contribution >= 0.6 is 11.8 Å². The number of amides is 2. The summed E-state index contributed by atoms with van der Waals surface area (Å²) in [5.41, 5.74) is 2.09. The number of urea groups is 1. The molecule has 2 aromatic carbocycles. The van der Waals surface area contributed by atoms with E-state index in [-0.39, 0.29) is 6.03 Å². The van der Waals surface area contributed by atoms with Crippen LogP contribution in [-0.2, 0) is 13.0 Å². The molecule has 0 saturated carbocycles. The van der Waals surface area contributed by atoms with Crippen molar-refractivity contribution in [2.24, 2.45) is 0 Å². The van der Waals surface area contributed by atoms with Gasteiger partial charge in [0.15, 0.2) is 11.5 Å². The highest BCUT2D eigenvalue weighted by Gasteiger charge is 2.11. The van der Waals surface area contributed by atoms with E-state index in [9.17, 15) is 4.79 Å². The molecule has 2 amide bonds. The minimum Gasteiger partial charge on any atom is -0.496 e. The molecule has 1 N–H and O–H groups in total. The normalized spacial score (nSPS) is 10.3. The third-order valence-corrected chi connectivity index (χ3v) is 5.13. The van der Waals surface area contributed by atoms with Gasteiger partial charge in [-0.1, -0.05) is 12.1 Å². The van der Waals surface area contributed by atoms with E-state index in [2.05, 4.69) is 5.32 Å². The van der Waals surface area contributed by atoms with Crippen molar-refractivity contribution in [2.75, 3.05) is 41.2 Å². The van der Waals surface area contributed by atoms with E-state index in [1.165, 1.54) is 0 Å². The quantitative estimate of drug-likeness (QED) is 0.644. The van der Waals surface area contributed by atoms with Gasteiger partial charge in [-0.2, -0.15) is 0 Å².